The summed E-state index contributed by atoms with van der Waals surface area (Å²) < 4.78 is 7.21. The van der Waals surface area contributed by atoms with Gasteiger partial charge in [-0.25, -0.2) is 0 Å². The summed E-state index contributed by atoms with van der Waals surface area (Å²) in [5.74, 6) is 0.356. The van der Waals surface area contributed by atoms with E-state index in [1.807, 2.05) is 30.5 Å². The Bertz CT molecular complexity index is 499. The van der Waals surface area contributed by atoms with Gasteiger partial charge >= 0.3 is 5.97 Å². The Balaban J connectivity index is 2.59. The Hall–Kier alpha value is -1.77. The van der Waals surface area contributed by atoms with E-state index in [1.165, 1.54) is 6.92 Å². The van der Waals surface area contributed by atoms with Crippen molar-refractivity contribution in [1.29, 1.82) is 0 Å². The van der Waals surface area contributed by atoms with E-state index >= 15 is 0 Å². The SMILES string of the molecule is CCn1cc(OC(C)=O)c2ccccc21. The van der Waals surface area contributed by atoms with Gasteiger partial charge in [0.25, 0.3) is 0 Å². The second-order valence-corrected chi connectivity index (χ2v) is 3.39. The lowest BCUT2D eigenvalue weighted by Gasteiger charge is -1.97. The minimum atomic E-state index is -0.283. The van der Waals surface area contributed by atoms with Crippen LogP contribution in [-0.4, -0.2) is 10.5 Å². The van der Waals surface area contributed by atoms with Crippen molar-refractivity contribution in [2.75, 3.05) is 0 Å². The van der Waals surface area contributed by atoms with E-state index in [4.69, 9.17) is 4.74 Å². The first-order valence-corrected chi connectivity index (χ1v) is 4.98. The summed E-state index contributed by atoms with van der Waals surface area (Å²) in [6.45, 7) is 4.34. The zero-order valence-electron chi connectivity index (χ0n) is 8.86. The third-order valence-electron chi connectivity index (χ3n) is 2.35. The first-order valence-electron chi connectivity index (χ1n) is 4.98. The Morgan fingerprint density at radius 1 is 1.40 bits per heavy atom. The van der Waals surface area contributed by atoms with Crippen LogP contribution in [0.2, 0.25) is 0 Å². The fourth-order valence-corrected chi connectivity index (χ4v) is 1.71. The Morgan fingerprint density at radius 2 is 2.13 bits per heavy atom. The van der Waals surface area contributed by atoms with Crippen LogP contribution in [0.5, 0.6) is 5.75 Å². The third kappa shape index (κ3) is 1.73. The van der Waals surface area contributed by atoms with Gasteiger partial charge in [0.2, 0.25) is 0 Å². The molecular formula is C12H13NO2. The number of benzene rings is 1. The van der Waals surface area contributed by atoms with Gasteiger partial charge in [-0.15, -0.1) is 0 Å². The minimum absolute atomic E-state index is 0.283. The number of nitrogens with zero attached hydrogens (tertiary/aromatic N) is 1. The molecule has 2 rings (SSSR count). The number of esters is 1. The first-order chi connectivity index (χ1) is 7.22. The topological polar surface area (TPSA) is 31.2 Å². The second kappa shape index (κ2) is 3.77. The van der Waals surface area contributed by atoms with Crippen LogP contribution >= 0.6 is 0 Å². The van der Waals surface area contributed by atoms with Crippen LogP contribution in [-0.2, 0) is 11.3 Å². The lowest BCUT2D eigenvalue weighted by atomic mass is 10.2. The fraction of sp³-hybridized carbons (Fsp3) is 0.250. The maximum Gasteiger partial charge on any atom is 0.308 e. The summed E-state index contributed by atoms with van der Waals surface area (Å²) in [5.41, 5.74) is 1.09. The number of carbonyl (C=O) groups is 1. The highest BCUT2D eigenvalue weighted by atomic mass is 16.5. The van der Waals surface area contributed by atoms with Gasteiger partial charge in [0.1, 0.15) is 0 Å². The van der Waals surface area contributed by atoms with Crippen LogP contribution in [0, 0.1) is 0 Å². The number of para-hydroxylation sites is 1. The van der Waals surface area contributed by atoms with Gasteiger partial charge in [-0.3, -0.25) is 4.79 Å². The number of fused-ring (bicyclic) bond motifs is 1. The summed E-state index contributed by atoms with van der Waals surface area (Å²) in [6, 6.07) is 7.90. The van der Waals surface area contributed by atoms with E-state index in [-0.39, 0.29) is 5.97 Å². The van der Waals surface area contributed by atoms with Crippen LogP contribution in [0.3, 0.4) is 0 Å². The van der Waals surface area contributed by atoms with Crippen molar-refractivity contribution in [1.82, 2.24) is 4.57 Å². The van der Waals surface area contributed by atoms with E-state index < -0.39 is 0 Å². The Kier molecular flexibility index (Phi) is 2.46. The van der Waals surface area contributed by atoms with Crippen LogP contribution in [0.15, 0.2) is 30.5 Å². The number of aryl methyl sites for hydroxylation is 1. The molecule has 0 radical (unpaired) electrons. The number of hydrogen-bond donors (Lipinski definition) is 0. The van der Waals surface area contributed by atoms with Crippen LogP contribution in [0.25, 0.3) is 10.9 Å². The molecule has 0 aliphatic rings. The predicted molar refractivity (Wildman–Crippen MR) is 58.9 cm³/mol. The lowest BCUT2D eigenvalue weighted by molar-refractivity contribution is -0.131. The summed E-state index contributed by atoms with van der Waals surface area (Å²) in [5, 5.41) is 0.981. The largest absolute Gasteiger partial charge is 0.424 e. The number of ether oxygens (including phenoxy) is 1. The highest BCUT2D eigenvalue weighted by Crippen LogP contribution is 2.27. The van der Waals surface area contributed by atoms with Gasteiger partial charge in [0.15, 0.2) is 5.75 Å². The molecule has 0 aliphatic carbocycles. The van der Waals surface area contributed by atoms with Crippen molar-refractivity contribution in [3.63, 3.8) is 0 Å². The van der Waals surface area contributed by atoms with Crippen molar-refractivity contribution < 1.29 is 9.53 Å². The Morgan fingerprint density at radius 3 is 2.80 bits per heavy atom. The average molecular weight is 203 g/mol. The number of hydrogen-bond acceptors (Lipinski definition) is 2. The van der Waals surface area contributed by atoms with Crippen molar-refractivity contribution in [2.45, 2.75) is 20.4 Å². The molecular weight excluding hydrogens is 190 g/mol. The molecule has 1 aromatic heterocycles. The number of aromatic nitrogens is 1. The summed E-state index contributed by atoms with van der Waals surface area (Å²) in [6.07, 6.45) is 1.87. The van der Waals surface area contributed by atoms with E-state index in [9.17, 15) is 4.79 Å². The molecule has 78 valence electrons. The molecule has 0 bridgehead atoms. The van der Waals surface area contributed by atoms with Gasteiger partial charge in [-0.05, 0) is 19.1 Å². The number of rotatable bonds is 2. The van der Waals surface area contributed by atoms with Crippen molar-refractivity contribution in [3.8, 4) is 5.75 Å². The van der Waals surface area contributed by atoms with Gasteiger partial charge in [-0.1, -0.05) is 12.1 Å². The van der Waals surface area contributed by atoms with Gasteiger partial charge < -0.3 is 9.30 Å². The van der Waals surface area contributed by atoms with E-state index in [0.717, 1.165) is 17.4 Å². The van der Waals surface area contributed by atoms with Crippen LogP contribution in [0.1, 0.15) is 13.8 Å². The van der Waals surface area contributed by atoms with Gasteiger partial charge in [0.05, 0.1) is 5.52 Å². The third-order valence-corrected chi connectivity index (χ3v) is 2.35. The molecule has 1 heterocycles. The molecule has 1 aromatic carbocycles. The van der Waals surface area contributed by atoms with E-state index in [2.05, 4.69) is 11.5 Å². The molecule has 3 heteroatoms. The maximum atomic E-state index is 10.9. The molecule has 0 amide bonds. The van der Waals surface area contributed by atoms with Crippen molar-refractivity contribution in [3.05, 3.63) is 30.5 Å². The number of carbonyl (C=O) groups excluding carboxylic acids is 1. The second-order valence-electron chi connectivity index (χ2n) is 3.39. The van der Waals surface area contributed by atoms with Crippen LogP contribution < -0.4 is 4.74 Å². The predicted octanol–water partition coefficient (Wildman–Crippen LogP) is 2.59. The summed E-state index contributed by atoms with van der Waals surface area (Å²) in [4.78, 5) is 10.9. The molecule has 0 N–H and O–H groups in total. The molecule has 0 saturated heterocycles. The first kappa shape index (κ1) is 9.77. The van der Waals surface area contributed by atoms with E-state index in [0.29, 0.717) is 5.75 Å². The van der Waals surface area contributed by atoms with E-state index in [1.54, 1.807) is 0 Å². The molecule has 0 spiro atoms. The fourth-order valence-electron chi connectivity index (χ4n) is 1.71. The zero-order chi connectivity index (χ0) is 10.8. The Labute approximate surface area is 88.3 Å². The highest BCUT2D eigenvalue weighted by molar-refractivity contribution is 5.89. The van der Waals surface area contributed by atoms with Crippen molar-refractivity contribution >= 4 is 16.9 Å². The summed E-state index contributed by atoms with van der Waals surface area (Å²) >= 11 is 0. The molecule has 0 atom stereocenters. The monoisotopic (exact) mass is 203 g/mol. The zero-order valence-corrected chi connectivity index (χ0v) is 8.86. The molecule has 15 heavy (non-hydrogen) atoms. The molecule has 0 fully saturated rings. The maximum absolute atomic E-state index is 10.9. The quantitative estimate of drug-likeness (QED) is 0.702. The smallest absolute Gasteiger partial charge is 0.308 e. The minimum Gasteiger partial charge on any atom is -0.424 e. The molecule has 3 nitrogen and oxygen atoms in total. The lowest BCUT2D eigenvalue weighted by Crippen LogP contribution is -2.00. The van der Waals surface area contributed by atoms with Gasteiger partial charge in [-0.2, -0.15) is 0 Å². The summed E-state index contributed by atoms with van der Waals surface area (Å²) in [7, 11) is 0. The molecule has 0 aliphatic heterocycles. The average Bonchev–Trinajstić information content (AvgIpc) is 2.56. The molecule has 0 saturated carbocycles. The van der Waals surface area contributed by atoms with Crippen molar-refractivity contribution in [2.24, 2.45) is 0 Å². The molecule has 0 unspecified atom stereocenters. The van der Waals surface area contributed by atoms with Gasteiger partial charge in [0, 0.05) is 25.1 Å². The molecule has 2 aromatic rings. The van der Waals surface area contributed by atoms with Crippen LogP contribution in [0.4, 0.5) is 0 Å². The normalized spacial score (nSPS) is 10.5. The highest BCUT2D eigenvalue weighted by Gasteiger charge is 2.09. The standard InChI is InChI=1S/C12H13NO2/c1-3-13-8-12(15-9(2)14)10-6-4-5-7-11(10)13/h4-8H,3H2,1-2H3.